The molecule has 142 valence electrons. The Hall–Kier alpha value is -2.08. The molecule has 4 unspecified atom stereocenters. The second kappa shape index (κ2) is 5.96. The molecule has 0 saturated heterocycles. The van der Waals surface area contributed by atoms with Gasteiger partial charge in [-0.05, 0) is 70.3 Å². The van der Waals surface area contributed by atoms with Crippen molar-refractivity contribution in [1.82, 2.24) is 0 Å². The third kappa shape index (κ3) is 2.30. The molecular weight excluding hydrogens is 336 g/mol. The first-order valence-corrected chi connectivity index (χ1v) is 11.2. The third-order valence-electron chi connectivity index (χ3n) is 8.47. The highest BCUT2D eigenvalue weighted by molar-refractivity contribution is 5.79. The zero-order valence-corrected chi connectivity index (χ0v) is 17.1. The molecule has 4 atom stereocenters. The second-order valence-electron chi connectivity index (χ2n) is 10.3. The number of hydrogen-bond acceptors (Lipinski definition) is 0. The Morgan fingerprint density at radius 1 is 0.821 bits per heavy atom. The van der Waals surface area contributed by atoms with Crippen molar-refractivity contribution in [3.8, 4) is 11.1 Å². The number of fused-ring (bicyclic) bond motifs is 5. The van der Waals surface area contributed by atoms with E-state index in [4.69, 9.17) is 0 Å². The van der Waals surface area contributed by atoms with Gasteiger partial charge in [0, 0.05) is 11.8 Å². The average Bonchev–Trinajstić information content (AvgIpc) is 3.49. The van der Waals surface area contributed by atoms with Crippen LogP contribution >= 0.6 is 0 Å². The molecule has 0 spiro atoms. The summed E-state index contributed by atoms with van der Waals surface area (Å²) in [5.41, 5.74) is 7.74. The summed E-state index contributed by atoms with van der Waals surface area (Å²) < 4.78 is 0. The Morgan fingerprint density at radius 3 is 2.11 bits per heavy atom. The molecule has 2 aromatic carbocycles. The number of hydrogen-bond donors (Lipinski definition) is 0. The van der Waals surface area contributed by atoms with Gasteiger partial charge in [-0.15, -0.1) is 0 Å². The van der Waals surface area contributed by atoms with Crippen molar-refractivity contribution in [1.29, 1.82) is 0 Å². The summed E-state index contributed by atoms with van der Waals surface area (Å²) in [7, 11) is 0. The van der Waals surface area contributed by atoms with Crippen LogP contribution in [-0.4, -0.2) is 0 Å². The zero-order valence-electron chi connectivity index (χ0n) is 17.1. The van der Waals surface area contributed by atoms with Crippen LogP contribution in [0, 0.1) is 29.1 Å². The van der Waals surface area contributed by atoms with Crippen molar-refractivity contribution in [3.63, 3.8) is 0 Å². The summed E-state index contributed by atoms with van der Waals surface area (Å²) in [6, 6.07) is 18.2. The van der Waals surface area contributed by atoms with E-state index in [0.29, 0.717) is 11.8 Å². The van der Waals surface area contributed by atoms with E-state index in [-0.39, 0.29) is 5.41 Å². The van der Waals surface area contributed by atoms with Crippen LogP contribution in [0.4, 0.5) is 0 Å². The molecule has 2 fully saturated rings. The Labute approximate surface area is 169 Å². The quantitative estimate of drug-likeness (QED) is 0.532. The highest BCUT2D eigenvalue weighted by Gasteiger charge is 2.45. The molecule has 6 rings (SSSR count). The zero-order chi connectivity index (χ0) is 18.9. The van der Waals surface area contributed by atoms with Crippen LogP contribution in [0.3, 0.4) is 0 Å². The van der Waals surface area contributed by atoms with Gasteiger partial charge >= 0.3 is 0 Å². The molecule has 0 radical (unpaired) electrons. The van der Waals surface area contributed by atoms with Crippen LogP contribution in [0.25, 0.3) is 11.1 Å². The molecule has 0 aliphatic heterocycles. The molecule has 0 aromatic heterocycles. The van der Waals surface area contributed by atoms with E-state index < -0.39 is 0 Å². The predicted molar refractivity (Wildman–Crippen MR) is 117 cm³/mol. The van der Waals surface area contributed by atoms with E-state index in [0.717, 1.165) is 17.8 Å². The lowest BCUT2D eigenvalue weighted by atomic mass is 9.66. The van der Waals surface area contributed by atoms with Gasteiger partial charge in [0.25, 0.3) is 0 Å². The van der Waals surface area contributed by atoms with Crippen molar-refractivity contribution in [2.24, 2.45) is 29.1 Å². The van der Waals surface area contributed by atoms with E-state index in [9.17, 15) is 0 Å². The molecule has 0 nitrogen and oxygen atoms in total. The van der Waals surface area contributed by atoms with E-state index in [2.05, 4.69) is 80.6 Å². The van der Waals surface area contributed by atoms with Gasteiger partial charge in [0.2, 0.25) is 0 Å². The first-order valence-electron chi connectivity index (χ1n) is 11.2. The van der Waals surface area contributed by atoms with Crippen molar-refractivity contribution < 1.29 is 0 Å². The van der Waals surface area contributed by atoms with Gasteiger partial charge < -0.3 is 0 Å². The van der Waals surface area contributed by atoms with Crippen LogP contribution in [0.5, 0.6) is 0 Å². The van der Waals surface area contributed by atoms with E-state index in [1.54, 1.807) is 5.57 Å². The summed E-state index contributed by atoms with van der Waals surface area (Å²) in [5.74, 6) is 3.82. The van der Waals surface area contributed by atoms with Crippen LogP contribution in [0.15, 0.2) is 72.3 Å². The summed E-state index contributed by atoms with van der Waals surface area (Å²) in [6.45, 7) is 4.98. The molecule has 4 aliphatic rings. The minimum absolute atomic E-state index is 0.165. The van der Waals surface area contributed by atoms with Gasteiger partial charge in [0.1, 0.15) is 0 Å². The predicted octanol–water partition coefficient (Wildman–Crippen LogP) is 7.37. The van der Waals surface area contributed by atoms with Crippen molar-refractivity contribution in [3.05, 3.63) is 83.5 Å². The SMILES string of the molecule is CC(C)(C1C=CC(C2CC3CCC2C3)=C1)C1c2ccccc2-c2ccccc21. The van der Waals surface area contributed by atoms with Crippen molar-refractivity contribution >= 4 is 0 Å². The largest absolute Gasteiger partial charge is 0.0768 e. The summed E-state index contributed by atoms with van der Waals surface area (Å²) in [5, 5.41) is 0. The molecule has 0 amide bonds. The molecule has 2 aromatic rings. The molecule has 2 bridgehead atoms. The van der Waals surface area contributed by atoms with Crippen LogP contribution in [0.1, 0.15) is 56.6 Å². The first kappa shape index (κ1) is 16.8. The highest BCUT2D eigenvalue weighted by atomic mass is 14.5. The lowest BCUT2D eigenvalue weighted by molar-refractivity contribution is 0.266. The number of benzene rings is 2. The standard InChI is InChI=1S/C28H30/c1-28(2,21-14-13-20(17-21)26-16-18-11-12-19(26)15-18)27-24-9-5-3-7-22(24)23-8-4-6-10-25(23)27/h3-10,13-14,17-19,21,26-27H,11-12,15-16H2,1-2H3. The summed E-state index contributed by atoms with van der Waals surface area (Å²) >= 11 is 0. The van der Waals surface area contributed by atoms with E-state index in [1.807, 2.05) is 0 Å². The maximum absolute atomic E-state index is 2.65. The molecule has 0 N–H and O–H groups in total. The van der Waals surface area contributed by atoms with Crippen molar-refractivity contribution in [2.75, 3.05) is 0 Å². The molecule has 0 heterocycles. The minimum atomic E-state index is 0.165. The third-order valence-corrected chi connectivity index (χ3v) is 8.47. The maximum Gasteiger partial charge on any atom is 0.0161 e. The Balaban J connectivity index is 1.38. The Morgan fingerprint density at radius 2 is 1.50 bits per heavy atom. The van der Waals surface area contributed by atoms with Crippen LogP contribution in [-0.2, 0) is 0 Å². The second-order valence-corrected chi connectivity index (χ2v) is 10.3. The van der Waals surface area contributed by atoms with Crippen LogP contribution < -0.4 is 0 Å². The minimum Gasteiger partial charge on any atom is -0.0768 e. The normalized spacial score (nSPS) is 30.6. The molecular formula is C28H30. The summed E-state index contributed by atoms with van der Waals surface area (Å²) in [4.78, 5) is 0. The number of allylic oxidation sites excluding steroid dienone is 4. The molecule has 0 heteroatoms. The Kier molecular flexibility index (Phi) is 3.58. The van der Waals surface area contributed by atoms with Gasteiger partial charge in [-0.2, -0.15) is 0 Å². The van der Waals surface area contributed by atoms with Gasteiger partial charge in [-0.25, -0.2) is 0 Å². The first-order chi connectivity index (χ1) is 13.6. The maximum atomic E-state index is 2.65. The van der Waals surface area contributed by atoms with E-state index in [1.165, 1.54) is 47.9 Å². The number of rotatable bonds is 3. The van der Waals surface area contributed by atoms with Gasteiger partial charge in [-0.3, -0.25) is 0 Å². The highest BCUT2D eigenvalue weighted by Crippen LogP contribution is 2.58. The molecule has 4 aliphatic carbocycles. The molecule has 2 saturated carbocycles. The summed E-state index contributed by atoms with van der Waals surface area (Å²) in [6.07, 6.45) is 13.6. The average molecular weight is 367 g/mol. The molecule has 28 heavy (non-hydrogen) atoms. The Bertz CT molecular complexity index is 943. The van der Waals surface area contributed by atoms with Crippen molar-refractivity contribution in [2.45, 2.75) is 45.4 Å². The fourth-order valence-corrected chi connectivity index (χ4v) is 7.05. The van der Waals surface area contributed by atoms with Crippen LogP contribution in [0.2, 0.25) is 0 Å². The van der Waals surface area contributed by atoms with Gasteiger partial charge in [0.05, 0.1) is 0 Å². The van der Waals surface area contributed by atoms with E-state index >= 15 is 0 Å². The monoisotopic (exact) mass is 366 g/mol. The fourth-order valence-electron chi connectivity index (χ4n) is 7.05. The lowest BCUT2D eigenvalue weighted by Gasteiger charge is -2.37. The van der Waals surface area contributed by atoms with Gasteiger partial charge in [0.15, 0.2) is 0 Å². The topological polar surface area (TPSA) is 0 Å². The van der Waals surface area contributed by atoms with Gasteiger partial charge in [-0.1, -0.05) is 87.0 Å². The fraction of sp³-hybridized carbons (Fsp3) is 0.429. The smallest absolute Gasteiger partial charge is 0.0161 e. The lowest BCUT2D eigenvalue weighted by Crippen LogP contribution is -2.28.